The molecule has 3 heteroatoms. The van der Waals surface area contributed by atoms with Crippen molar-refractivity contribution in [1.82, 2.24) is 9.88 Å². The van der Waals surface area contributed by atoms with Gasteiger partial charge in [-0.05, 0) is 25.1 Å². The van der Waals surface area contributed by atoms with E-state index in [2.05, 4.69) is 45.9 Å². The molecule has 1 heterocycles. The average Bonchev–Trinajstić information content (AvgIpc) is 2.19. The Hall–Kier alpha value is -0.410. The van der Waals surface area contributed by atoms with Crippen LogP contribution in [0.15, 0.2) is 24.4 Å². The van der Waals surface area contributed by atoms with E-state index in [-0.39, 0.29) is 0 Å². The van der Waals surface area contributed by atoms with Crippen LogP contribution in [0.2, 0.25) is 0 Å². The highest BCUT2D eigenvalue weighted by Crippen LogP contribution is 2.05. The lowest BCUT2D eigenvalue weighted by atomic mass is 10.2. The molecule has 0 amide bonds. The van der Waals surface area contributed by atoms with E-state index in [9.17, 15) is 0 Å². The molecule has 0 fully saturated rings. The van der Waals surface area contributed by atoms with E-state index in [0.717, 1.165) is 24.1 Å². The molecule has 2 nitrogen and oxygen atoms in total. The molecule has 14 heavy (non-hydrogen) atoms. The third-order valence-corrected chi connectivity index (χ3v) is 3.15. The first-order valence-corrected chi connectivity index (χ1v) is 5.99. The Balaban J connectivity index is 2.37. The first kappa shape index (κ1) is 11.7. The number of pyridine rings is 1. The van der Waals surface area contributed by atoms with E-state index in [1.807, 2.05) is 18.3 Å². The molecule has 0 aliphatic rings. The SMILES string of the molecule is CC(CBr)CN(C)Cc1ccccn1. The fourth-order valence-corrected chi connectivity index (χ4v) is 1.62. The van der Waals surface area contributed by atoms with Crippen LogP contribution in [0.5, 0.6) is 0 Å². The maximum Gasteiger partial charge on any atom is 0.0543 e. The average molecular weight is 257 g/mol. The zero-order valence-electron chi connectivity index (χ0n) is 8.78. The molecule has 1 rings (SSSR count). The van der Waals surface area contributed by atoms with Crippen molar-refractivity contribution in [2.75, 3.05) is 18.9 Å². The molecule has 1 atom stereocenters. The number of aromatic nitrogens is 1. The molecule has 0 aliphatic heterocycles. The Kier molecular flexibility index (Phi) is 5.12. The molecule has 0 saturated heterocycles. The van der Waals surface area contributed by atoms with Gasteiger partial charge in [0.05, 0.1) is 5.69 Å². The zero-order chi connectivity index (χ0) is 10.4. The number of hydrogen-bond donors (Lipinski definition) is 0. The normalized spacial score (nSPS) is 13.1. The third-order valence-electron chi connectivity index (χ3n) is 2.04. The summed E-state index contributed by atoms with van der Waals surface area (Å²) in [4.78, 5) is 6.60. The fourth-order valence-electron chi connectivity index (χ4n) is 1.41. The summed E-state index contributed by atoms with van der Waals surface area (Å²) < 4.78 is 0. The van der Waals surface area contributed by atoms with Crippen LogP contribution in [0.3, 0.4) is 0 Å². The monoisotopic (exact) mass is 256 g/mol. The fraction of sp³-hybridized carbons (Fsp3) is 0.545. The van der Waals surface area contributed by atoms with Crippen LogP contribution in [-0.4, -0.2) is 28.8 Å². The second-order valence-corrected chi connectivity index (χ2v) is 4.42. The Morgan fingerprint density at radius 1 is 1.50 bits per heavy atom. The number of nitrogens with zero attached hydrogens (tertiary/aromatic N) is 2. The second-order valence-electron chi connectivity index (χ2n) is 3.78. The van der Waals surface area contributed by atoms with E-state index < -0.39 is 0 Å². The molecule has 1 aromatic heterocycles. The predicted octanol–water partition coefficient (Wildman–Crippen LogP) is 2.54. The van der Waals surface area contributed by atoms with Gasteiger partial charge in [-0.15, -0.1) is 0 Å². The van der Waals surface area contributed by atoms with Crippen LogP contribution < -0.4 is 0 Å². The molecule has 0 aliphatic carbocycles. The Bertz CT molecular complexity index is 251. The van der Waals surface area contributed by atoms with Gasteiger partial charge in [0.1, 0.15) is 0 Å². The standard InChI is InChI=1S/C11H17BrN2/c1-10(7-12)8-14(2)9-11-5-3-4-6-13-11/h3-6,10H,7-9H2,1-2H3. The van der Waals surface area contributed by atoms with Crippen LogP contribution >= 0.6 is 15.9 Å². The van der Waals surface area contributed by atoms with Crippen LogP contribution in [0.25, 0.3) is 0 Å². The Morgan fingerprint density at radius 2 is 2.29 bits per heavy atom. The minimum absolute atomic E-state index is 0.684. The van der Waals surface area contributed by atoms with E-state index >= 15 is 0 Å². The van der Waals surface area contributed by atoms with Crippen LogP contribution in [-0.2, 0) is 6.54 Å². The van der Waals surface area contributed by atoms with E-state index in [4.69, 9.17) is 0 Å². The lowest BCUT2D eigenvalue weighted by Crippen LogP contribution is -2.25. The molecule has 1 aromatic rings. The predicted molar refractivity (Wildman–Crippen MR) is 63.5 cm³/mol. The molecule has 78 valence electrons. The van der Waals surface area contributed by atoms with Gasteiger partial charge in [0, 0.05) is 24.6 Å². The summed E-state index contributed by atoms with van der Waals surface area (Å²) in [5.41, 5.74) is 1.14. The van der Waals surface area contributed by atoms with Crippen molar-refractivity contribution in [3.05, 3.63) is 30.1 Å². The van der Waals surface area contributed by atoms with Crippen molar-refractivity contribution in [2.24, 2.45) is 5.92 Å². The maximum atomic E-state index is 4.30. The van der Waals surface area contributed by atoms with Gasteiger partial charge in [-0.1, -0.05) is 28.9 Å². The van der Waals surface area contributed by atoms with Gasteiger partial charge >= 0.3 is 0 Å². The van der Waals surface area contributed by atoms with E-state index in [1.165, 1.54) is 0 Å². The number of hydrogen-bond acceptors (Lipinski definition) is 2. The van der Waals surface area contributed by atoms with Gasteiger partial charge in [0.2, 0.25) is 0 Å². The summed E-state index contributed by atoms with van der Waals surface area (Å²) in [7, 11) is 2.13. The first-order chi connectivity index (χ1) is 6.72. The van der Waals surface area contributed by atoms with Crippen molar-refractivity contribution in [2.45, 2.75) is 13.5 Å². The summed E-state index contributed by atoms with van der Waals surface area (Å²) in [6.45, 7) is 4.27. The van der Waals surface area contributed by atoms with Gasteiger partial charge in [-0.2, -0.15) is 0 Å². The maximum absolute atomic E-state index is 4.30. The van der Waals surface area contributed by atoms with E-state index in [1.54, 1.807) is 0 Å². The topological polar surface area (TPSA) is 16.1 Å². The van der Waals surface area contributed by atoms with Gasteiger partial charge in [0.25, 0.3) is 0 Å². The molecule has 0 spiro atoms. The molecule has 0 radical (unpaired) electrons. The minimum Gasteiger partial charge on any atom is -0.300 e. The summed E-state index contributed by atoms with van der Waals surface area (Å²) in [6.07, 6.45) is 1.84. The summed E-state index contributed by atoms with van der Waals surface area (Å²) in [5, 5.41) is 1.06. The Labute approximate surface area is 94.5 Å². The van der Waals surface area contributed by atoms with Crippen LogP contribution in [0.4, 0.5) is 0 Å². The highest BCUT2D eigenvalue weighted by atomic mass is 79.9. The van der Waals surface area contributed by atoms with Gasteiger partial charge in [0.15, 0.2) is 0 Å². The summed E-state index contributed by atoms with van der Waals surface area (Å²) in [6, 6.07) is 6.05. The number of alkyl halides is 1. The molecule has 1 unspecified atom stereocenters. The van der Waals surface area contributed by atoms with Gasteiger partial charge in [-0.3, -0.25) is 4.98 Å². The molecule has 0 saturated carbocycles. The quantitative estimate of drug-likeness (QED) is 0.753. The molecule has 0 N–H and O–H groups in total. The smallest absolute Gasteiger partial charge is 0.0543 e. The van der Waals surface area contributed by atoms with Crippen molar-refractivity contribution >= 4 is 15.9 Å². The summed E-state index contributed by atoms with van der Waals surface area (Å²) >= 11 is 3.49. The van der Waals surface area contributed by atoms with Crippen molar-refractivity contribution < 1.29 is 0 Å². The highest BCUT2D eigenvalue weighted by molar-refractivity contribution is 9.09. The van der Waals surface area contributed by atoms with E-state index in [0.29, 0.717) is 5.92 Å². The van der Waals surface area contributed by atoms with Gasteiger partial charge < -0.3 is 4.90 Å². The lowest BCUT2D eigenvalue weighted by Gasteiger charge is -2.19. The van der Waals surface area contributed by atoms with Crippen LogP contribution in [0, 0.1) is 5.92 Å². The summed E-state index contributed by atoms with van der Waals surface area (Å²) in [5.74, 6) is 0.684. The molecular formula is C11H17BrN2. The Morgan fingerprint density at radius 3 is 2.86 bits per heavy atom. The third kappa shape index (κ3) is 4.20. The molecular weight excluding hydrogens is 240 g/mol. The second kappa shape index (κ2) is 6.14. The number of rotatable bonds is 5. The lowest BCUT2D eigenvalue weighted by molar-refractivity contribution is 0.288. The largest absolute Gasteiger partial charge is 0.300 e. The van der Waals surface area contributed by atoms with Crippen molar-refractivity contribution in [1.29, 1.82) is 0 Å². The zero-order valence-corrected chi connectivity index (χ0v) is 10.4. The minimum atomic E-state index is 0.684. The van der Waals surface area contributed by atoms with Crippen LogP contribution in [0.1, 0.15) is 12.6 Å². The van der Waals surface area contributed by atoms with Gasteiger partial charge in [-0.25, -0.2) is 0 Å². The first-order valence-electron chi connectivity index (χ1n) is 4.86. The number of halogens is 1. The highest BCUT2D eigenvalue weighted by Gasteiger charge is 2.05. The molecule has 0 aromatic carbocycles. The molecule has 0 bridgehead atoms. The van der Waals surface area contributed by atoms with Crippen molar-refractivity contribution in [3.63, 3.8) is 0 Å². The van der Waals surface area contributed by atoms with Crippen molar-refractivity contribution in [3.8, 4) is 0 Å².